The molecule has 1 fully saturated rings. The molecule has 0 spiro atoms. The number of aliphatic hydroxyl groups excluding tert-OH is 2. The first-order valence-electron chi connectivity index (χ1n) is 12.1. The van der Waals surface area contributed by atoms with Crippen LogP contribution in [0.3, 0.4) is 0 Å². The average molecular weight is 546 g/mol. The second-order valence-corrected chi connectivity index (χ2v) is 8.17. The van der Waals surface area contributed by atoms with Crippen LogP contribution in [0.5, 0.6) is 23.0 Å². The Bertz CT molecular complexity index is 1140. The molecule has 0 saturated carbocycles. The van der Waals surface area contributed by atoms with Crippen molar-refractivity contribution in [3.05, 3.63) is 53.7 Å². The van der Waals surface area contributed by atoms with Crippen LogP contribution in [-0.4, -0.2) is 87.2 Å². The Morgan fingerprint density at radius 1 is 1.05 bits per heavy atom. The van der Waals surface area contributed by atoms with Crippen molar-refractivity contribution in [3.8, 4) is 34.2 Å². The topological polar surface area (TPSA) is 157 Å². The van der Waals surface area contributed by atoms with Crippen molar-refractivity contribution in [1.82, 2.24) is 0 Å². The molecule has 1 aromatic heterocycles. The number of hydrogen-bond donors (Lipinski definition) is 4. The van der Waals surface area contributed by atoms with Crippen LogP contribution in [0.15, 0.2) is 46.8 Å². The maximum atomic E-state index is 11.3. The zero-order valence-corrected chi connectivity index (χ0v) is 22.5. The van der Waals surface area contributed by atoms with Crippen molar-refractivity contribution in [2.75, 3.05) is 41.7 Å². The SMILES string of the molecule is CO.COC1CCOC(CO)C1.COc1cc(C(=O)O)c(OC)cc1OCc1cbc(-c2ccc(O)cc2)o1. The van der Waals surface area contributed by atoms with Crippen LogP contribution in [0.2, 0.25) is 0 Å². The summed E-state index contributed by atoms with van der Waals surface area (Å²) in [5.41, 5.74) is 1.44. The number of aromatic hydroxyl groups is 1. The van der Waals surface area contributed by atoms with Gasteiger partial charge in [0.05, 0.1) is 18.8 Å². The number of carbonyl (C=O) groups is 1. The maximum absolute atomic E-state index is 11.3. The van der Waals surface area contributed by atoms with E-state index in [0.29, 0.717) is 23.8 Å². The third kappa shape index (κ3) is 9.29. The van der Waals surface area contributed by atoms with Crippen LogP contribution >= 0.6 is 0 Å². The van der Waals surface area contributed by atoms with E-state index in [2.05, 4.69) is 0 Å². The molecular formula is C27H35BO11. The van der Waals surface area contributed by atoms with Gasteiger partial charge in [-0.25, -0.2) is 0 Å². The Morgan fingerprint density at radius 2 is 1.74 bits per heavy atom. The average Bonchev–Trinajstić information content (AvgIpc) is 3.46. The number of aromatic carboxylic acids is 1. The molecule has 12 heteroatoms. The van der Waals surface area contributed by atoms with Crippen LogP contribution in [0.1, 0.15) is 29.0 Å². The summed E-state index contributed by atoms with van der Waals surface area (Å²) in [6.07, 6.45) is 2.06. The molecule has 0 amide bonds. The first-order valence-corrected chi connectivity index (χ1v) is 12.1. The molecule has 212 valence electrons. The van der Waals surface area contributed by atoms with Gasteiger partial charge in [0.15, 0.2) is 0 Å². The Hall–Kier alpha value is -3.58. The van der Waals surface area contributed by atoms with E-state index in [-0.39, 0.29) is 48.2 Å². The first-order chi connectivity index (χ1) is 18.9. The molecule has 1 aliphatic heterocycles. The summed E-state index contributed by atoms with van der Waals surface area (Å²) >= 11 is 0. The van der Waals surface area contributed by atoms with E-state index in [1.54, 1.807) is 44.2 Å². The van der Waals surface area contributed by atoms with E-state index < -0.39 is 5.97 Å². The number of aliphatic hydroxyl groups is 2. The molecule has 4 N–H and O–H groups in total. The third-order valence-corrected chi connectivity index (χ3v) is 5.76. The van der Waals surface area contributed by atoms with E-state index in [9.17, 15) is 15.0 Å². The summed E-state index contributed by atoms with van der Waals surface area (Å²) in [6.45, 7) is 2.74. The van der Waals surface area contributed by atoms with Gasteiger partial charge in [-0.1, -0.05) is 0 Å². The number of carboxylic acid groups (broad SMARTS) is 1. The van der Waals surface area contributed by atoms with E-state index in [1.807, 2.05) is 0 Å². The number of rotatable bonds is 9. The molecule has 0 bridgehead atoms. The number of benzene rings is 2. The number of phenols is 1. The van der Waals surface area contributed by atoms with Gasteiger partial charge in [0.1, 0.15) is 0 Å². The molecule has 1 aliphatic rings. The summed E-state index contributed by atoms with van der Waals surface area (Å²) in [6, 6.07) is 9.46. The molecule has 4 rings (SSSR count). The van der Waals surface area contributed by atoms with Crippen molar-refractivity contribution < 1.29 is 53.3 Å². The zero-order valence-electron chi connectivity index (χ0n) is 22.5. The van der Waals surface area contributed by atoms with Gasteiger partial charge in [-0.2, -0.15) is 0 Å². The van der Waals surface area contributed by atoms with Gasteiger partial charge in [0.2, 0.25) is 0 Å². The molecule has 2 heterocycles. The molecule has 3 aromatic rings. The summed E-state index contributed by atoms with van der Waals surface area (Å²) < 4.78 is 32.2. The van der Waals surface area contributed by atoms with Crippen molar-refractivity contribution in [3.63, 3.8) is 0 Å². The monoisotopic (exact) mass is 546 g/mol. The van der Waals surface area contributed by atoms with E-state index in [0.717, 1.165) is 25.5 Å². The molecule has 0 radical (unpaired) electrons. The summed E-state index contributed by atoms with van der Waals surface area (Å²) in [7, 11) is 5.51. The number of phenolic OH excluding ortho intramolecular Hbond substituents is 1. The van der Waals surface area contributed by atoms with Crippen LogP contribution in [-0.2, 0) is 16.1 Å². The van der Waals surface area contributed by atoms with Gasteiger partial charge in [-0.3, -0.25) is 0 Å². The van der Waals surface area contributed by atoms with E-state index >= 15 is 0 Å². The number of ether oxygens (including phenoxy) is 5. The molecule has 1 saturated heterocycles. The predicted octanol–water partition coefficient (Wildman–Crippen LogP) is 3.07. The Balaban J connectivity index is 0.000000372. The Kier molecular flexibility index (Phi) is 13.3. The first kappa shape index (κ1) is 31.6. The fourth-order valence-electron chi connectivity index (χ4n) is 3.72. The summed E-state index contributed by atoms with van der Waals surface area (Å²) in [4.78, 5) is 11.3. The second kappa shape index (κ2) is 16.4. The molecule has 2 aromatic carbocycles. The van der Waals surface area contributed by atoms with E-state index in [1.165, 1.54) is 26.4 Å². The minimum absolute atomic E-state index is 0.00120. The number of carboxylic acids is 1. The van der Waals surface area contributed by atoms with Gasteiger partial charge >= 0.3 is 155 Å². The molecule has 11 nitrogen and oxygen atoms in total. The zero-order chi connectivity index (χ0) is 28.8. The fourth-order valence-corrected chi connectivity index (χ4v) is 3.72. The third-order valence-electron chi connectivity index (χ3n) is 5.76. The normalized spacial score (nSPS) is 16.1. The van der Waals surface area contributed by atoms with Crippen molar-refractivity contribution in [2.24, 2.45) is 0 Å². The van der Waals surface area contributed by atoms with Crippen LogP contribution in [0, 0.1) is 0 Å². The standard InChI is InChI=1S/C19H17BO7.C7H14O3.CH4O/c1-24-15-8-17(16(25-2)7-14(15)19(22)23)26-10-13-9-20-18(27-13)11-3-5-12(21)6-4-11;1-9-6-2-3-10-7(4-6)5-8;1-2/h3-9,21H,10H2,1-2H3,(H,22,23);6-8H,2-5H2,1H3;2H,1H3. The number of methoxy groups -OCH3 is 3. The van der Waals surface area contributed by atoms with Crippen molar-refractivity contribution in [1.29, 1.82) is 0 Å². The van der Waals surface area contributed by atoms with Gasteiger partial charge in [0.25, 0.3) is 0 Å². The van der Waals surface area contributed by atoms with Crippen LogP contribution in [0.25, 0.3) is 11.2 Å². The Labute approximate surface area is 227 Å². The van der Waals surface area contributed by atoms with Crippen molar-refractivity contribution >= 4 is 12.9 Å². The minimum atomic E-state index is -1.12. The second-order valence-electron chi connectivity index (χ2n) is 8.17. The van der Waals surface area contributed by atoms with Crippen molar-refractivity contribution in [2.45, 2.75) is 31.7 Å². The predicted molar refractivity (Wildman–Crippen MR) is 143 cm³/mol. The van der Waals surface area contributed by atoms with Gasteiger partial charge < -0.3 is 19.7 Å². The van der Waals surface area contributed by atoms with Crippen LogP contribution < -0.4 is 14.2 Å². The van der Waals surface area contributed by atoms with E-state index in [4.69, 9.17) is 38.3 Å². The molecule has 0 aliphatic carbocycles. The summed E-state index contributed by atoms with van der Waals surface area (Å²) in [5.74, 6) is 2.18. The number of hydrogen-bond acceptors (Lipinski definition) is 10. The molecular weight excluding hydrogens is 511 g/mol. The molecule has 2 unspecified atom stereocenters. The van der Waals surface area contributed by atoms with Gasteiger partial charge in [-0.15, -0.1) is 0 Å². The Morgan fingerprint density at radius 3 is 2.33 bits per heavy atom. The van der Waals surface area contributed by atoms with Crippen LogP contribution in [0.4, 0.5) is 0 Å². The van der Waals surface area contributed by atoms with Gasteiger partial charge in [0, 0.05) is 27.2 Å². The summed E-state index contributed by atoms with van der Waals surface area (Å²) in [5, 5.41) is 34.3. The van der Waals surface area contributed by atoms with Gasteiger partial charge in [-0.05, 0) is 6.42 Å². The fraction of sp³-hybridized carbons (Fsp3) is 0.407. The molecule has 39 heavy (non-hydrogen) atoms. The quantitative estimate of drug-likeness (QED) is 0.313. The molecule has 2 atom stereocenters.